The van der Waals surface area contributed by atoms with Crippen LogP contribution >= 0.6 is 0 Å². The van der Waals surface area contributed by atoms with Crippen molar-refractivity contribution in [1.29, 1.82) is 0 Å². The Balaban J connectivity index is 1.60. The van der Waals surface area contributed by atoms with Crippen LogP contribution in [0.4, 0.5) is 5.82 Å². The van der Waals surface area contributed by atoms with E-state index in [-0.39, 0.29) is 18.5 Å². The van der Waals surface area contributed by atoms with Crippen molar-refractivity contribution < 1.29 is 4.79 Å². The van der Waals surface area contributed by atoms with Crippen molar-refractivity contribution in [3.63, 3.8) is 0 Å². The summed E-state index contributed by atoms with van der Waals surface area (Å²) in [6, 6.07) is 7.65. The van der Waals surface area contributed by atoms with E-state index in [2.05, 4.69) is 20.2 Å². The van der Waals surface area contributed by atoms with Gasteiger partial charge >= 0.3 is 5.69 Å². The summed E-state index contributed by atoms with van der Waals surface area (Å²) < 4.78 is 1.30. The van der Waals surface area contributed by atoms with E-state index in [1.54, 1.807) is 12.3 Å². The summed E-state index contributed by atoms with van der Waals surface area (Å²) in [4.78, 5) is 34.2. The number of hydrogen-bond acceptors (Lipinski definition) is 5. The molecule has 1 fully saturated rings. The van der Waals surface area contributed by atoms with Gasteiger partial charge in [-0.3, -0.25) is 9.36 Å². The van der Waals surface area contributed by atoms with Crippen LogP contribution in [0.2, 0.25) is 0 Å². The minimum absolute atomic E-state index is 0.00807. The smallest absolute Gasteiger partial charge is 0.347 e. The minimum Gasteiger partial charge on any atom is -0.355 e. The average molecular weight is 327 g/mol. The van der Waals surface area contributed by atoms with Crippen molar-refractivity contribution in [3.8, 4) is 0 Å². The number of aromatic nitrogens is 3. The summed E-state index contributed by atoms with van der Waals surface area (Å²) in [6.07, 6.45) is 4.91. The molecule has 1 amide bonds. The molecule has 1 unspecified atom stereocenters. The van der Waals surface area contributed by atoms with Crippen molar-refractivity contribution in [1.82, 2.24) is 19.9 Å². The molecule has 24 heavy (non-hydrogen) atoms. The molecule has 0 aliphatic carbocycles. The summed E-state index contributed by atoms with van der Waals surface area (Å²) in [5.74, 6) is 0.770. The number of anilines is 1. The number of nitrogens with one attached hydrogen (secondary N) is 1. The van der Waals surface area contributed by atoms with E-state index in [1.165, 1.54) is 10.8 Å². The van der Waals surface area contributed by atoms with Gasteiger partial charge in [0.05, 0.1) is 0 Å². The predicted octanol–water partition coefficient (Wildman–Crippen LogP) is 0.732. The number of amides is 1. The highest BCUT2D eigenvalue weighted by molar-refractivity contribution is 5.76. The van der Waals surface area contributed by atoms with Crippen molar-refractivity contribution in [2.24, 2.45) is 0 Å². The summed E-state index contributed by atoms with van der Waals surface area (Å²) in [7, 11) is 0. The van der Waals surface area contributed by atoms with Crippen LogP contribution in [0.1, 0.15) is 18.5 Å². The number of hydrogen-bond donors (Lipinski definition) is 1. The number of nitrogens with zero attached hydrogens (tertiary/aromatic N) is 4. The first kappa shape index (κ1) is 16.2. The fourth-order valence-electron chi connectivity index (χ4n) is 2.94. The van der Waals surface area contributed by atoms with E-state index < -0.39 is 5.69 Å². The van der Waals surface area contributed by atoms with Gasteiger partial charge in [0.2, 0.25) is 5.91 Å². The molecular formula is C17H21N5O2. The van der Waals surface area contributed by atoms with Crippen molar-refractivity contribution in [2.75, 3.05) is 18.0 Å². The van der Waals surface area contributed by atoms with E-state index in [1.807, 2.05) is 25.1 Å². The molecule has 1 aliphatic rings. The normalized spacial score (nSPS) is 17.5. The molecule has 2 aromatic rings. The SMILES string of the molecule is Cc1cccc(N2CCCC(NC(=O)Cn3cccnc3=O)C2)n1. The van der Waals surface area contributed by atoms with E-state index in [4.69, 9.17) is 0 Å². The van der Waals surface area contributed by atoms with Gasteiger partial charge in [-0.15, -0.1) is 0 Å². The van der Waals surface area contributed by atoms with E-state index in [0.29, 0.717) is 0 Å². The van der Waals surface area contributed by atoms with Gasteiger partial charge in [0.25, 0.3) is 0 Å². The van der Waals surface area contributed by atoms with Crippen LogP contribution in [-0.2, 0) is 11.3 Å². The second-order valence-corrected chi connectivity index (χ2v) is 6.02. The van der Waals surface area contributed by atoms with Crippen LogP contribution in [0, 0.1) is 6.92 Å². The minimum atomic E-state index is -0.415. The molecule has 3 rings (SSSR count). The van der Waals surface area contributed by atoms with Gasteiger partial charge in [-0.05, 0) is 38.0 Å². The summed E-state index contributed by atoms with van der Waals surface area (Å²) in [6.45, 7) is 3.62. The van der Waals surface area contributed by atoms with Crippen molar-refractivity contribution in [2.45, 2.75) is 32.4 Å². The Morgan fingerprint density at radius 3 is 3.04 bits per heavy atom. The Hall–Kier alpha value is -2.70. The lowest BCUT2D eigenvalue weighted by molar-refractivity contribution is -0.122. The monoisotopic (exact) mass is 327 g/mol. The molecule has 0 saturated carbocycles. The molecule has 0 spiro atoms. The fourth-order valence-corrected chi connectivity index (χ4v) is 2.94. The van der Waals surface area contributed by atoms with E-state index >= 15 is 0 Å². The van der Waals surface area contributed by atoms with Crippen LogP contribution in [-0.4, -0.2) is 39.6 Å². The Morgan fingerprint density at radius 2 is 2.25 bits per heavy atom. The number of rotatable bonds is 4. The molecule has 0 aromatic carbocycles. The quantitative estimate of drug-likeness (QED) is 0.895. The molecule has 2 aromatic heterocycles. The second-order valence-electron chi connectivity index (χ2n) is 6.02. The highest BCUT2D eigenvalue weighted by Crippen LogP contribution is 2.18. The molecule has 0 radical (unpaired) electrons. The zero-order valence-corrected chi connectivity index (χ0v) is 13.7. The molecule has 7 heteroatoms. The third-order valence-corrected chi connectivity index (χ3v) is 4.08. The topological polar surface area (TPSA) is 80.1 Å². The molecule has 1 N–H and O–H groups in total. The standard InChI is InChI=1S/C17H21N5O2/c1-13-5-2-7-15(19-13)21-9-3-6-14(11-21)20-16(23)12-22-10-4-8-18-17(22)24/h2,4-5,7-8,10,14H,3,6,9,11-12H2,1H3,(H,20,23). The van der Waals surface area contributed by atoms with Gasteiger partial charge in [0.1, 0.15) is 12.4 Å². The van der Waals surface area contributed by atoms with E-state index in [9.17, 15) is 9.59 Å². The van der Waals surface area contributed by atoms with Gasteiger partial charge in [0, 0.05) is 37.2 Å². The average Bonchev–Trinajstić information content (AvgIpc) is 2.57. The third kappa shape index (κ3) is 3.98. The number of pyridine rings is 1. The lowest BCUT2D eigenvalue weighted by Gasteiger charge is -2.34. The fraction of sp³-hybridized carbons (Fsp3) is 0.412. The molecular weight excluding hydrogens is 306 g/mol. The zero-order valence-electron chi connectivity index (χ0n) is 13.7. The van der Waals surface area contributed by atoms with Crippen molar-refractivity contribution in [3.05, 3.63) is 52.8 Å². The maximum atomic E-state index is 12.2. The highest BCUT2D eigenvalue weighted by Gasteiger charge is 2.22. The largest absolute Gasteiger partial charge is 0.355 e. The summed E-state index contributed by atoms with van der Waals surface area (Å²) in [5.41, 5.74) is 0.566. The van der Waals surface area contributed by atoms with Gasteiger partial charge in [0.15, 0.2) is 0 Å². The zero-order chi connectivity index (χ0) is 16.9. The molecule has 1 saturated heterocycles. The molecule has 1 aliphatic heterocycles. The molecule has 1 atom stereocenters. The number of aryl methyl sites for hydroxylation is 1. The molecule has 7 nitrogen and oxygen atoms in total. The Morgan fingerprint density at radius 1 is 1.38 bits per heavy atom. The first-order valence-corrected chi connectivity index (χ1v) is 8.11. The van der Waals surface area contributed by atoms with Crippen LogP contribution < -0.4 is 15.9 Å². The number of carbonyl (C=O) groups is 1. The second kappa shape index (κ2) is 7.25. The Kier molecular flexibility index (Phi) is 4.88. The van der Waals surface area contributed by atoms with Crippen LogP contribution in [0.5, 0.6) is 0 Å². The Bertz CT molecular complexity index is 773. The lowest BCUT2D eigenvalue weighted by atomic mass is 10.1. The lowest BCUT2D eigenvalue weighted by Crippen LogP contribution is -2.49. The van der Waals surface area contributed by atoms with Gasteiger partial charge in [-0.25, -0.2) is 14.8 Å². The maximum Gasteiger partial charge on any atom is 0.347 e. The van der Waals surface area contributed by atoms with Gasteiger partial charge in [-0.1, -0.05) is 6.07 Å². The summed E-state index contributed by atoms with van der Waals surface area (Å²) in [5, 5.41) is 3.01. The van der Waals surface area contributed by atoms with Crippen molar-refractivity contribution >= 4 is 11.7 Å². The highest BCUT2D eigenvalue weighted by atomic mass is 16.2. The number of carbonyl (C=O) groups excluding carboxylic acids is 1. The molecule has 126 valence electrons. The van der Waals surface area contributed by atoms with Crippen LogP contribution in [0.15, 0.2) is 41.5 Å². The first-order chi connectivity index (χ1) is 11.6. The Labute approximate surface area is 140 Å². The number of piperidine rings is 1. The maximum absolute atomic E-state index is 12.2. The molecule has 3 heterocycles. The van der Waals surface area contributed by atoms with Gasteiger partial charge in [-0.2, -0.15) is 0 Å². The third-order valence-electron chi connectivity index (χ3n) is 4.08. The first-order valence-electron chi connectivity index (χ1n) is 8.11. The summed E-state index contributed by atoms with van der Waals surface area (Å²) >= 11 is 0. The van der Waals surface area contributed by atoms with Crippen LogP contribution in [0.25, 0.3) is 0 Å². The van der Waals surface area contributed by atoms with Gasteiger partial charge < -0.3 is 10.2 Å². The molecule has 0 bridgehead atoms. The predicted molar refractivity (Wildman–Crippen MR) is 90.8 cm³/mol. The van der Waals surface area contributed by atoms with Crippen LogP contribution in [0.3, 0.4) is 0 Å². The van der Waals surface area contributed by atoms with E-state index in [0.717, 1.165) is 37.4 Å².